The summed E-state index contributed by atoms with van der Waals surface area (Å²) in [7, 11) is 0. The first-order valence-corrected chi connectivity index (χ1v) is 8.40. The fourth-order valence-corrected chi connectivity index (χ4v) is 3.33. The topological polar surface area (TPSA) is 72.2 Å². The Balaban J connectivity index is 1.75. The van der Waals surface area contributed by atoms with Gasteiger partial charge < -0.3 is 5.32 Å². The molecule has 130 valence electrons. The highest BCUT2D eigenvalue weighted by molar-refractivity contribution is 5.92. The average molecular weight is 337 g/mol. The molecule has 6 nitrogen and oxygen atoms in total. The smallest absolute Gasteiger partial charge is 0.252 e. The second kappa shape index (κ2) is 6.63. The second-order valence-electron chi connectivity index (χ2n) is 6.55. The summed E-state index contributed by atoms with van der Waals surface area (Å²) in [4.78, 5) is 21.0. The summed E-state index contributed by atoms with van der Waals surface area (Å²) in [6, 6.07) is 4.17. The number of aryl methyl sites for hydroxylation is 5. The molecule has 1 N–H and O–H groups in total. The Morgan fingerprint density at radius 1 is 1.12 bits per heavy atom. The number of hydrogen-bond donors (Lipinski definition) is 1. The minimum absolute atomic E-state index is 0.00698. The molecule has 1 aromatic carbocycles. The molecule has 0 radical (unpaired) electrons. The molecule has 3 aromatic rings. The van der Waals surface area contributed by atoms with E-state index in [-0.39, 0.29) is 5.91 Å². The standard InChI is InChI=1S/C19H23N5O/c1-11-8-12(2)18(13(3)9-11)23-17(25)7-6-16-14(4)22-19-20-10-21-24(19)15(16)5/h8-10H,6-7H2,1-5H3,(H,23,25). The SMILES string of the molecule is Cc1cc(C)c(NC(=O)CCc2c(C)nc3ncnn3c2C)c(C)c1. The fraction of sp³-hybridized carbons (Fsp3) is 0.368. The van der Waals surface area contributed by atoms with Crippen LogP contribution in [0.2, 0.25) is 0 Å². The van der Waals surface area contributed by atoms with Gasteiger partial charge in [0.1, 0.15) is 6.33 Å². The molecule has 1 amide bonds. The van der Waals surface area contributed by atoms with Crippen molar-refractivity contribution in [1.29, 1.82) is 0 Å². The number of rotatable bonds is 4. The molecule has 0 aliphatic rings. The van der Waals surface area contributed by atoms with Gasteiger partial charge in [-0.15, -0.1) is 0 Å². The zero-order chi connectivity index (χ0) is 18.1. The van der Waals surface area contributed by atoms with Gasteiger partial charge in [-0.1, -0.05) is 17.7 Å². The third kappa shape index (κ3) is 3.38. The maximum atomic E-state index is 12.4. The van der Waals surface area contributed by atoms with E-state index in [0.29, 0.717) is 18.6 Å². The summed E-state index contributed by atoms with van der Waals surface area (Å²) in [6.07, 6.45) is 2.51. The first-order chi connectivity index (χ1) is 11.9. The Morgan fingerprint density at radius 2 is 1.80 bits per heavy atom. The van der Waals surface area contributed by atoms with Crippen LogP contribution in [-0.4, -0.2) is 25.5 Å². The highest BCUT2D eigenvalue weighted by Gasteiger charge is 2.14. The Labute approximate surface area is 147 Å². The minimum atomic E-state index is 0.00698. The number of nitrogens with zero attached hydrogens (tertiary/aromatic N) is 4. The van der Waals surface area contributed by atoms with E-state index in [9.17, 15) is 4.79 Å². The van der Waals surface area contributed by atoms with E-state index in [2.05, 4.69) is 39.4 Å². The zero-order valence-corrected chi connectivity index (χ0v) is 15.3. The maximum Gasteiger partial charge on any atom is 0.252 e. The van der Waals surface area contributed by atoms with Crippen LogP contribution >= 0.6 is 0 Å². The van der Waals surface area contributed by atoms with Gasteiger partial charge in [-0.2, -0.15) is 10.1 Å². The van der Waals surface area contributed by atoms with Crippen LogP contribution in [0.3, 0.4) is 0 Å². The van der Waals surface area contributed by atoms with Crippen LogP contribution in [0.15, 0.2) is 18.5 Å². The monoisotopic (exact) mass is 337 g/mol. The van der Waals surface area contributed by atoms with Gasteiger partial charge in [0.15, 0.2) is 0 Å². The van der Waals surface area contributed by atoms with Gasteiger partial charge in [-0.25, -0.2) is 9.50 Å². The van der Waals surface area contributed by atoms with E-state index in [1.165, 1.54) is 11.9 Å². The number of nitrogens with one attached hydrogen (secondary N) is 1. The van der Waals surface area contributed by atoms with E-state index in [4.69, 9.17) is 0 Å². The molecule has 0 spiro atoms. The molecule has 6 heteroatoms. The van der Waals surface area contributed by atoms with Crippen molar-refractivity contribution < 1.29 is 4.79 Å². The van der Waals surface area contributed by atoms with Gasteiger partial charge >= 0.3 is 0 Å². The second-order valence-corrected chi connectivity index (χ2v) is 6.55. The lowest BCUT2D eigenvalue weighted by atomic mass is 10.0. The molecule has 3 rings (SSSR count). The molecule has 0 aliphatic carbocycles. The van der Waals surface area contributed by atoms with Gasteiger partial charge in [-0.05, 0) is 57.7 Å². The number of benzene rings is 1. The van der Waals surface area contributed by atoms with Crippen molar-refractivity contribution >= 4 is 17.4 Å². The third-order valence-electron chi connectivity index (χ3n) is 4.53. The predicted molar refractivity (Wildman–Crippen MR) is 97.9 cm³/mol. The van der Waals surface area contributed by atoms with E-state index in [1.54, 1.807) is 4.52 Å². The van der Waals surface area contributed by atoms with Crippen LogP contribution in [0.4, 0.5) is 5.69 Å². The van der Waals surface area contributed by atoms with Crippen molar-refractivity contribution in [1.82, 2.24) is 19.6 Å². The predicted octanol–water partition coefficient (Wildman–Crippen LogP) is 3.24. The van der Waals surface area contributed by atoms with Gasteiger partial charge in [0.2, 0.25) is 5.91 Å². The molecule has 2 aromatic heterocycles. The normalized spacial score (nSPS) is 11.1. The lowest BCUT2D eigenvalue weighted by Crippen LogP contribution is -2.16. The number of carbonyl (C=O) groups excluding carboxylic acids is 1. The van der Waals surface area contributed by atoms with Crippen molar-refractivity contribution in [2.24, 2.45) is 0 Å². The first-order valence-electron chi connectivity index (χ1n) is 8.40. The van der Waals surface area contributed by atoms with Crippen LogP contribution in [0.5, 0.6) is 0 Å². The van der Waals surface area contributed by atoms with Gasteiger partial charge in [0.05, 0.1) is 0 Å². The van der Waals surface area contributed by atoms with E-state index < -0.39 is 0 Å². The number of amides is 1. The molecular weight excluding hydrogens is 314 g/mol. The summed E-state index contributed by atoms with van der Waals surface area (Å²) in [5, 5.41) is 7.24. The third-order valence-corrected chi connectivity index (χ3v) is 4.53. The number of anilines is 1. The van der Waals surface area contributed by atoms with Crippen LogP contribution in [-0.2, 0) is 11.2 Å². The molecule has 0 unspecified atom stereocenters. The number of hydrogen-bond acceptors (Lipinski definition) is 4. The molecule has 0 atom stereocenters. The van der Waals surface area contributed by atoms with E-state index in [1.807, 2.05) is 27.7 Å². The van der Waals surface area contributed by atoms with Gasteiger partial charge in [-0.3, -0.25) is 4.79 Å². The summed E-state index contributed by atoms with van der Waals surface area (Å²) in [5.74, 6) is 0.599. The fourth-order valence-electron chi connectivity index (χ4n) is 3.33. The van der Waals surface area contributed by atoms with E-state index >= 15 is 0 Å². The lowest BCUT2D eigenvalue weighted by Gasteiger charge is -2.14. The minimum Gasteiger partial charge on any atom is -0.326 e. The summed E-state index contributed by atoms with van der Waals surface area (Å²) >= 11 is 0. The molecule has 0 saturated carbocycles. The Hall–Kier alpha value is -2.76. The van der Waals surface area contributed by atoms with Crippen LogP contribution in [0.1, 0.15) is 40.1 Å². The lowest BCUT2D eigenvalue weighted by molar-refractivity contribution is -0.116. The number of fused-ring (bicyclic) bond motifs is 1. The summed E-state index contributed by atoms with van der Waals surface area (Å²) in [6.45, 7) is 10.0. The molecule has 2 heterocycles. The largest absolute Gasteiger partial charge is 0.326 e. The summed E-state index contributed by atoms with van der Waals surface area (Å²) < 4.78 is 1.72. The highest BCUT2D eigenvalue weighted by Crippen LogP contribution is 2.22. The average Bonchev–Trinajstić information content (AvgIpc) is 2.99. The molecule has 25 heavy (non-hydrogen) atoms. The molecule has 0 saturated heterocycles. The molecule has 0 fully saturated rings. The number of aromatic nitrogens is 4. The van der Waals surface area contributed by atoms with Crippen molar-refractivity contribution in [2.45, 2.75) is 47.5 Å². The van der Waals surface area contributed by atoms with Crippen LogP contribution < -0.4 is 5.32 Å². The van der Waals surface area contributed by atoms with Crippen LogP contribution in [0.25, 0.3) is 5.78 Å². The Morgan fingerprint density at radius 3 is 2.48 bits per heavy atom. The first kappa shape index (κ1) is 17.1. The van der Waals surface area contributed by atoms with Gasteiger partial charge in [0.25, 0.3) is 5.78 Å². The Kier molecular flexibility index (Phi) is 4.53. The van der Waals surface area contributed by atoms with Gasteiger partial charge in [0, 0.05) is 23.5 Å². The van der Waals surface area contributed by atoms with E-state index in [0.717, 1.165) is 33.8 Å². The van der Waals surface area contributed by atoms with Crippen molar-refractivity contribution in [3.63, 3.8) is 0 Å². The van der Waals surface area contributed by atoms with Crippen molar-refractivity contribution in [2.75, 3.05) is 5.32 Å². The molecular formula is C19H23N5O. The maximum absolute atomic E-state index is 12.4. The van der Waals surface area contributed by atoms with Crippen molar-refractivity contribution in [3.05, 3.63) is 52.1 Å². The number of carbonyl (C=O) groups is 1. The Bertz CT molecular complexity index is 935. The molecule has 0 aliphatic heterocycles. The highest BCUT2D eigenvalue weighted by atomic mass is 16.1. The van der Waals surface area contributed by atoms with Crippen molar-refractivity contribution in [3.8, 4) is 0 Å². The molecule has 0 bridgehead atoms. The zero-order valence-electron chi connectivity index (χ0n) is 15.3. The summed E-state index contributed by atoms with van der Waals surface area (Å²) in [5.41, 5.74) is 7.21. The quantitative estimate of drug-likeness (QED) is 0.793. The van der Waals surface area contributed by atoms with Crippen LogP contribution in [0, 0.1) is 34.6 Å².